The number of aromatic nitrogens is 1. The third kappa shape index (κ3) is 5.61. The molecule has 0 fully saturated rings. The minimum absolute atomic E-state index is 0.0600. The number of amides is 2. The quantitative estimate of drug-likeness (QED) is 0.468. The summed E-state index contributed by atoms with van der Waals surface area (Å²) in [5.41, 5.74) is 2.31. The Hall–Kier alpha value is -3.46. The summed E-state index contributed by atoms with van der Waals surface area (Å²) in [7, 11) is 0. The Morgan fingerprint density at radius 2 is 1.88 bits per heavy atom. The van der Waals surface area contributed by atoms with E-state index in [2.05, 4.69) is 10.3 Å². The van der Waals surface area contributed by atoms with Crippen molar-refractivity contribution in [3.63, 3.8) is 0 Å². The van der Waals surface area contributed by atoms with E-state index >= 15 is 0 Å². The van der Waals surface area contributed by atoms with E-state index in [1.807, 2.05) is 32.0 Å². The maximum absolute atomic E-state index is 13.1. The molecule has 0 saturated heterocycles. The molecule has 2 aromatic carbocycles. The zero-order valence-corrected chi connectivity index (χ0v) is 18.3. The fraction of sp³-hybridized carbons (Fsp3) is 0.174. The molecule has 3 rings (SSSR count). The van der Waals surface area contributed by atoms with Crippen LogP contribution < -0.4 is 10.2 Å². The molecule has 0 bridgehead atoms. The van der Waals surface area contributed by atoms with E-state index in [4.69, 9.17) is 0 Å². The van der Waals surface area contributed by atoms with Crippen LogP contribution in [0.1, 0.15) is 29.3 Å². The Balaban J connectivity index is 1.78. The first kappa shape index (κ1) is 23.2. The summed E-state index contributed by atoms with van der Waals surface area (Å²) in [6, 6.07) is 10.1. The van der Waals surface area contributed by atoms with Gasteiger partial charge in [-0.25, -0.2) is 4.98 Å². The van der Waals surface area contributed by atoms with Crippen LogP contribution in [0.25, 0.3) is 6.08 Å². The standard InChI is InChI=1S/C23H20F3N3O2S/c1-14-7-9-20(15(2)11-14)28-21(31)10-8-18-13-32-22(27-18)29(16(3)30)19-6-4-5-17(12-19)23(24,25)26/h4-13H,1-3H3,(H,28,31)/b10-8+. The number of rotatable bonds is 5. The number of alkyl halides is 3. The van der Waals surface area contributed by atoms with Gasteiger partial charge in [0.2, 0.25) is 11.8 Å². The van der Waals surface area contributed by atoms with Crippen LogP contribution in [-0.4, -0.2) is 16.8 Å². The van der Waals surface area contributed by atoms with Crippen molar-refractivity contribution in [2.75, 3.05) is 10.2 Å². The number of anilines is 3. The molecule has 1 N–H and O–H groups in total. The number of nitrogens with zero attached hydrogens (tertiary/aromatic N) is 2. The van der Waals surface area contributed by atoms with E-state index < -0.39 is 17.6 Å². The molecule has 0 atom stereocenters. The van der Waals surface area contributed by atoms with Crippen molar-refractivity contribution in [1.29, 1.82) is 0 Å². The van der Waals surface area contributed by atoms with Crippen molar-refractivity contribution in [3.05, 3.63) is 76.3 Å². The molecule has 1 heterocycles. The summed E-state index contributed by atoms with van der Waals surface area (Å²) in [5.74, 6) is -0.838. The van der Waals surface area contributed by atoms with E-state index in [1.165, 1.54) is 31.2 Å². The number of carbonyl (C=O) groups excluding carboxylic acids is 2. The van der Waals surface area contributed by atoms with Gasteiger partial charge in [0.15, 0.2) is 5.13 Å². The highest BCUT2D eigenvalue weighted by atomic mass is 32.1. The predicted octanol–water partition coefficient (Wildman–Crippen LogP) is 6.12. The smallest absolute Gasteiger partial charge is 0.322 e. The summed E-state index contributed by atoms with van der Waals surface area (Å²) in [5, 5.41) is 4.59. The first-order chi connectivity index (χ1) is 15.0. The minimum Gasteiger partial charge on any atom is -0.322 e. The van der Waals surface area contributed by atoms with E-state index in [-0.39, 0.29) is 16.7 Å². The third-order valence-corrected chi connectivity index (χ3v) is 5.34. The zero-order valence-electron chi connectivity index (χ0n) is 17.5. The van der Waals surface area contributed by atoms with E-state index in [1.54, 1.807) is 5.38 Å². The van der Waals surface area contributed by atoms with Gasteiger partial charge in [0, 0.05) is 24.1 Å². The number of thiazole rings is 1. The SMILES string of the molecule is CC(=O)N(c1cccc(C(F)(F)F)c1)c1nc(/C=C/C(=O)Nc2ccc(C)cc2C)cs1. The summed E-state index contributed by atoms with van der Waals surface area (Å²) in [4.78, 5) is 29.8. The van der Waals surface area contributed by atoms with Crippen molar-refractivity contribution < 1.29 is 22.8 Å². The molecular formula is C23H20F3N3O2S. The largest absolute Gasteiger partial charge is 0.416 e. The van der Waals surface area contributed by atoms with Gasteiger partial charge in [0.1, 0.15) is 0 Å². The normalized spacial score (nSPS) is 11.6. The average molecular weight is 459 g/mol. The third-order valence-electron chi connectivity index (χ3n) is 4.49. The Labute approximate surface area is 187 Å². The number of hydrogen-bond donors (Lipinski definition) is 1. The van der Waals surface area contributed by atoms with Gasteiger partial charge in [-0.05, 0) is 49.8 Å². The Kier molecular flexibility index (Phi) is 6.78. The monoisotopic (exact) mass is 459 g/mol. The molecule has 2 amide bonds. The van der Waals surface area contributed by atoms with Gasteiger partial charge in [-0.15, -0.1) is 11.3 Å². The lowest BCUT2D eigenvalue weighted by atomic mass is 10.1. The molecule has 3 aromatic rings. The Bertz CT molecular complexity index is 1190. The van der Waals surface area contributed by atoms with Crippen LogP contribution >= 0.6 is 11.3 Å². The van der Waals surface area contributed by atoms with Gasteiger partial charge in [0.25, 0.3) is 0 Å². The molecule has 0 unspecified atom stereocenters. The molecule has 32 heavy (non-hydrogen) atoms. The van der Waals surface area contributed by atoms with Gasteiger partial charge in [0.05, 0.1) is 16.9 Å². The molecule has 5 nitrogen and oxygen atoms in total. The van der Waals surface area contributed by atoms with Crippen molar-refractivity contribution in [1.82, 2.24) is 4.98 Å². The lowest BCUT2D eigenvalue weighted by molar-refractivity contribution is -0.137. The van der Waals surface area contributed by atoms with Crippen molar-refractivity contribution >= 4 is 45.7 Å². The Morgan fingerprint density at radius 3 is 2.53 bits per heavy atom. The second kappa shape index (κ2) is 9.35. The van der Waals surface area contributed by atoms with Crippen LogP contribution in [0.3, 0.4) is 0 Å². The molecule has 0 radical (unpaired) electrons. The highest BCUT2D eigenvalue weighted by molar-refractivity contribution is 7.14. The van der Waals surface area contributed by atoms with Crippen LogP contribution in [-0.2, 0) is 15.8 Å². The number of carbonyl (C=O) groups is 2. The topological polar surface area (TPSA) is 62.3 Å². The first-order valence-electron chi connectivity index (χ1n) is 9.54. The molecular weight excluding hydrogens is 439 g/mol. The van der Waals surface area contributed by atoms with Gasteiger partial charge >= 0.3 is 6.18 Å². The lowest BCUT2D eigenvalue weighted by Crippen LogP contribution is -2.23. The van der Waals surface area contributed by atoms with E-state index in [9.17, 15) is 22.8 Å². The highest BCUT2D eigenvalue weighted by Gasteiger charge is 2.31. The average Bonchev–Trinajstić information content (AvgIpc) is 3.16. The second-order valence-corrected chi connectivity index (χ2v) is 7.93. The molecule has 0 aliphatic carbocycles. The van der Waals surface area contributed by atoms with Crippen molar-refractivity contribution in [2.45, 2.75) is 26.9 Å². The summed E-state index contributed by atoms with van der Waals surface area (Å²) >= 11 is 1.08. The molecule has 1 aromatic heterocycles. The summed E-state index contributed by atoms with van der Waals surface area (Å²) < 4.78 is 39.2. The number of halogens is 3. The number of aryl methyl sites for hydroxylation is 2. The van der Waals surface area contributed by atoms with Crippen LogP contribution in [0.4, 0.5) is 29.7 Å². The second-order valence-electron chi connectivity index (χ2n) is 7.10. The number of benzene rings is 2. The number of hydrogen-bond acceptors (Lipinski definition) is 4. The Morgan fingerprint density at radius 1 is 1.12 bits per heavy atom. The van der Waals surface area contributed by atoms with Gasteiger partial charge in [-0.3, -0.25) is 14.5 Å². The van der Waals surface area contributed by atoms with Gasteiger partial charge < -0.3 is 5.32 Å². The van der Waals surface area contributed by atoms with Gasteiger partial charge in [-0.2, -0.15) is 13.2 Å². The van der Waals surface area contributed by atoms with Gasteiger partial charge in [-0.1, -0.05) is 23.8 Å². The lowest BCUT2D eigenvalue weighted by Gasteiger charge is -2.19. The fourth-order valence-corrected chi connectivity index (χ4v) is 3.85. The fourth-order valence-electron chi connectivity index (χ4n) is 2.99. The molecule has 0 aliphatic heterocycles. The molecule has 166 valence electrons. The van der Waals surface area contributed by atoms with E-state index in [0.717, 1.165) is 39.5 Å². The predicted molar refractivity (Wildman–Crippen MR) is 120 cm³/mol. The maximum Gasteiger partial charge on any atom is 0.416 e. The molecule has 0 saturated carbocycles. The summed E-state index contributed by atoms with van der Waals surface area (Å²) in [6.07, 6.45) is -1.75. The minimum atomic E-state index is -4.53. The first-order valence-corrected chi connectivity index (χ1v) is 10.4. The van der Waals surface area contributed by atoms with Crippen molar-refractivity contribution in [3.8, 4) is 0 Å². The van der Waals surface area contributed by atoms with Crippen LogP contribution in [0.15, 0.2) is 53.9 Å². The zero-order chi connectivity index (χ0) is 23.5. The number of nitrogens with one attached hydrogen (secondary N) is 1. The van der Waals surface area contributed by atoms with Crippen molar-refractivity contribution in [2.24, 2.45) is 0 Å². The van der Waals surface area contributed by atoms with Crippen LogP contribution in [0.5, 0.6) is 0 Å². The molecule has 0 aliphatic rings. The van der Waals surface area contributed by atoms with Crippen LogP contribution in [0, 0.1) is 13.8 Å². The maximum atomic E-state index is 13.1. The van der Waals surface area contributed by atoms with Crippen LogP contribution in [0.2, 0.25) is 0 Å². The summed E-state index contributed by atoms with van der Waals surface area (Å²) in [6.45, 7) is 5.10. The van der Waals surface area contributed by atoms with E-state index in [0.29, 0.717) is 11.4 Å². The highest BCUT2D eigenvalue weighted by Crippen LogP contribution is 2.35. The molecule has 9 heteroatoms. The molecule has 0 spiro atoms.